The van der Waals surface area contributed by atoms with Gasteiger partial charge in [-0.2, -0.15) is 0 Å². The van der Waals surface area contributed by atoms with Gasteiger partial charge in [0.05, 0.1) is 12.2 Å². The summed E-state index contributed by atoms with van der Waals surface area (Å²) < 4.78 is 18.7. The molecule has 0 unspecified atom stereocenters. The molecule has 5 heteroatoms. The monoisotopic (exact) mass is 311 g/mol. The molecule has 0 aromatic carbocycles. The molecule has 0 saturated heterocycles. The van der Waals surface area contributed by atoms with E-state index in [-0.39, 0.29) is 23.6 Å². The first-order valence-electron chi connectivity index (χ1n) is 8.19. The predicted molar refractivity (Wildman–Crippen MR) is 83.6 cm³/mol. The van der Waals surface area contributed by atoms with E-state index in [1.807, 2.05) is 0 Å². The van der Waals surface area contributed by atoms with Gasteiger partial charge in [0.1, 0.15) is 0 Å². The molecule has 0 radical (unpaired) electrons. The number of ether oxygens (including phenoxy) is 1. The van der Waals surface area contributed by atoms with Crippen LogP contribution in [-0.4, -0.2) is 23.3 Å². The van der Waals surface area contributed by atoms with Gasteiger partial charge in [0, 0.05) is 12.6 Å². The molecule has 0 saturated carbocycles. The Bertz CT molecular complexity index is 482. The number of carbonyl (C=O) groups is 2. The first-order valence-corrected chi connectivity index (χ1v) is 8.19. The van der Waals surface area contributed by atoms with Gasteiger partial charge in [0.25, 0.3) is 0 Å². The van der Waals surface area contributed by atoms with Crippen LogP contribution in [0.5, 0.6) is 0 Å². The number of unbranched alkanes of at least 4 members (excludes halogenated alkanes) is 6. The van der Waals surface area contributed by atoms with E-state index in [2.05, 4.69) is 11.9 Å². The number of aromatic amines is 1. The van der Waals surface area contributed by atoms with Crippen molar-refractivity contribution in [3.05, 3.63) is 23.3 Å². The number of ketones is 1. The minimum absolute atomic E-state index is 0.0472. The zero-order valence-electron chi connectivity index (χ0n) is 13.5. The minimum atomic E-state index is -0.800. The molecule has 0 atom stereocenters. The van der Waals surface area contributed by atoms with Crippen molar-refractivity contribution in [3.8, 4) is 0 Å². The second kappa shape index (κ2) is 10.1. The molecule has 1 aromatic rings. The van der Waals surface area contributed by atoms with E-state index in [4.69, 9.17) is 4.74 Å². The van der Waals surface area contributed by atoms with Crippen molar-refractivity contribution in [3.63, 3.8) is 0 Å². The molecule has 0 spiro atoms. The predicted octanol–water partition coefficient (Wildman–Crippen LogP) is 4.65. The van der Waals surface area contributed by atoms with Crippen LogP contribution >= 0.6 is 0 Å². The van der Waals surface area contributed by atoms with E-state index >= 15 is 0 Å². The number of nitrogens with one attached hydrogen (secondary N) is 1. The van der Waals surface area contributed by atoms with Crippen LogP contribution in [0.4, 0.5) is 4.39 Å². The van der Waals surface area contributed by atoms with Gasteiger partial charge < -0.3 is 9.72 Å². The molecule has 1 heterocycles. The SMILES string of the molecule is CCCCCCCCCC(=O)c1c[nH]c(C(=O)OCC)c1F. The van der Waals surface area contributed by atoms with Crippen LogP contribution in [0.15, 0.2) is 6.20 Å². The highest BCUT2D eigenvalue weighted by Crippen LogP contribution is 2.17. The van der Waals surface area contributed by atoms with Crippen molar-refractivity contribution in [1.29, 1.82) is 0 Å². The van der Waals surface area contributed by atoms with Crippen molar-refractivity contribution in [2.45, 2.75) is 65.2 Å². The molecule has 0 aliphatic heterocycles. The molecular weight excluding hydrogens is 285 g/mol. The number of carbonyl (C=O) groups excluding carboxylic acids is 2. The second-order valence-electron chi connectivity index (χ2n) is 5.41. The van der Waals surface area contributed by atoms with E-state index in [9.17, 15) is 14.0 Å². The average molecular weight is 311 g/mol. The fourth-order valence-electron chi connectivity index (χ4n) is 2.34. The second-order valence-corrected chi connectivity index (χ2v) is 5.41. The number of halogens is 1. The molecule has 124 valence electrons. The number of esters is 1. The minimum Gasteiger partial charge on any atom is -0.461 e. The van der Waals surface area contributed by atoms with E-state index in [0.29, 0.717) is 6.42 Å². The number of hydrogen-bond donors (Lipinski definition) is 1. The summed E-state index contributed by atoms with van der Waals surface area (Å²) in [7, 11) is 0. The van der Waals surface area contributed by atoms with Crippen LogP contribution in [-0.2, 0) is 4.74 Å². The molecule has 0 aliphatic carbocycles. The third-order valence-corrected chi connectivity index (χ3v) is 3.60. The highest BCUT2D eigenvalue weighted by atomic mass is 19.1. The third-order valence-electron chi connectivity index (χ3n) is 3.60. The number of Topliss-reactive ketones (excluding diaryl/α,β-unsaturated/α-hetero) is 1. The van der Waals surface area contributed by atoms with Gasteiger partial charge in [-0.3, -0.25) is 4.79 Å². The van der Waals surface area contributed by atoms with Gasteiger partial charge in [0.15, 0.2) is 17.3 Å². The van der Waals surface area contributed by atoms with Crippen molar-refractivity contribution in [2.75, 3.05) is 6.61 Å². The molecule has 0 bridgehead atoms. The van der Waals surface area contributed by atoms with Gasteiger partial charge in [-0.1, -0.05) is 45.4 Å². The van der Waals surface area contributed by atoms with Crippen molar-refractivity contribution in [1.82, 2.24) is 4.98 Å². The lowest BCUT2D eigenvalue weighted by Crippen LogP contribution is -2.08. The Labute approximate surface area is 131 Å². The quantitative estimate of drug-likeness (QED) is 0.367. The van der Waals surface area contributed by atoms with Crippen molar-refractivity contribution < 1.29 is 18.7 Å². The highest BCUT2D eigenvalue weighted by molar-refractivity contribution is 5.99. The number of rotatable bonds is 11. The van der Waals surface area contributed by atoms with E-state index in [0.717, 1.165) is 19.3 Å². The summed E-state index contributed by atoms with van der Waals surface area (Å²) in [6, 6.07) is 0. The summed E-state index contributed by atoms with van der Waals surface area (Å²) in [4.78, 5) is 26.0. The van der Waals surface area contributed by atoms with Crippen LogP contribution in [0.2, 0.25) is 0 Å². The zero-order chi connectivity index (χ0) is 16.4. The van der Waals surface area contributed by atoms with Gasteiger partial charge >= 0.3 is 5.97 Å². The lowest BCUT2D eigenvalue weighted by atomic mass is 10.0. The topological polar surface area (TPSA) is 59.2 Å². The lowest BCUT2D eigenvalue weighted by molar-refractivity contribution is 0.0515. The molecule has 4 nitrogen and oxygen atoms in total. The van der Waals surface area contributed by atoms with E-state index in [1.165, 1.54) is 31.9 Å². The van der Waals surface area contributed by atoms with Crippen LogP contribution in [0.1, 0.15) is 86.1 Å². The fraction of sp³-hybridized carbons (Fsp3) is 0.647. The van der Waals surface area contributed by atoms with Crippen LogP contribution in [0.25, 0.3) is 0 Å². The summed E-state index contributed by atoms with van der Waals surface area (Å²) in [5.74, 6) is -1.83. The maximum Gasteiger partial charge on any atom is 0.357 e. The van der Waals surface area contributed by atoms with E-state index < -0.39 is 11.8 Å². The Kier molecular flexibility index (Phi) is 8.48. The molecule has 22 heavy (non-hydrogen) atoms. The maximum atomic E-state index is 14.0. The van der Waals surface area contributed by atoms with Crippen molar-refractivity contribution in [2.24, 2.45) is 0 Å². The first kappa shape index (κ1) is 18.4. The van der Waals surface area contributed by atoms with E-state index in [1.54, 1.807) is 6.92 Å². The lowest BCUT2D eigenvalue weighted by Gasteiger charge is -2.01. The van der Waals surface area contributed by atoms with Crippen molar-refractivity contribution >= 4 is 11.8 Å². The van der Waals surface area contributed by atoms with Gasteiger partial charge in [-0.25, -0.2) is 9.18 Å². The number of hydrogen-bond acceptors (Lipinski definition) is 3. The largest absolute Gasteiger partial charge is 0.461 e. The summed E-state index contributed by atoms with van der Waals surface area (Å²) >= 11 is 0. The summed E-state index contributed by atoms with van der Waals surface area (Å²) in [5, 5.41) is 0. The normalized spacial score (nSPS) is 10.7. The standard InChI is InChI=1S/C17H26FNO3/c1-3-5-6-7-8-9-10-11-14(20)13-12-19-16(15(13)18)17(21)22-4-2/h12,19H,3-11H2,1-2H3. The average Bonchev–Trinajstić information content (AvgIpc) is 2.88. The van der Waals surface area contributed by atoms with Gasteiger partial charge in [0.2, 0.25) is 0 Å². The van der Waals surface area contributed by atoms with Crippen LogP contribution < -0.4 is 0 Å². The fourth-order valence-corrected chi connectivity index (χ4v) is 2.34. The Morgan fingerprint density at radius 1 is 1.09 bits per heavy atom. The Hall–Kier alpha value is -1.65. The Balaban J connectivity index is 2.38. The zero-order valence-corrected chi connectivity index (χ0v) is 13.5. The van der Waals surface area contributed by atoms with Crippen LogP contribution in [0, 0.1) is 5.82 Å². The maximum absolute atomic E-state index is 14.0. The molecule has 1 N–H and O–H groups in total. The summed E-state index contributed by atoms with van der Waals surface area (Å²) in [6.45, 7) is 3.98. The first-order chi connectivity index (χ1) is 10.6. The Morgan fingerprint density at radius 2 is 1.73 bits per heavy atom. The Morgan fingerprint density at radius 3 is 2.36 bits per heavy atom. The molecule has 1 rings (SSSR count). The number of aromatic nitrogens is 1. The third kappa shape index (κ3) is 5.62. The molecule has 0 aliphatic rings. The summed E-state index contributed by atoms with van der Waals surface area (Å²) in [5.41, 5.74) is -0.321. The highest BCUT2D eigenvalue weighted by Gasteiger charge is 2.22. The van der Waals surface area contributed by atoms with Crippen LogP contribution in [0.3, 0.4) is 0 Å². The van der Waals surface area contributed by atoms with Gasteiger partial charge in [-0.05, 0) is 13.3 Å². The smallest absolute Gasteiger partial charge is 0.357 e. The number of H-pyrrole nitrogens is 1. The molecule has 1 aromatic heterocycles. The van der Waals surface area contributed by atoms with Gasteiger partial charge in [-0.15, -0.1) is 0 Å². The molecule has 0 amide bonds. The summed E-state index contributed by atoms with van der Waals surface area (Å²) in [6.07, 6.45) is 9.30. The molecule has 0 fully saturated rings. The molecular formula is C17H26FNO3.